The van der Waals surface area contributed by atoms with Crippen molar-refractivity contribution in [2.24, 2.45) is 4.99 Å². The van der Waals surface area contributed by atoms with Gasteiger partial charge in [0.1, 0.15) is 17.3 Å². The normalized spacial score (nSPS) is 18.9. The van der Waals surface area contributed by atoms with Gasteiger partial charge in [0.25, 0.3) is 5.91 Å². The molecule has 1 fully saturated rings. The summed E-state index contributed by atoms with van der Waals surface area (Å²) in [5.41, 5.74) is 5.06. The van der Waals surface area contributed by atoms with Crippen molar-refractivity contribution in [3.63, 3.8) is 0 Å². The molecule has 2 atom stereocenters. The van der Waals surface area contributed by atoms with Crippen LogP contribution in [0, 0.1) is 0 Å². The number of aromatic nitrogens is 1. The van der Waals surface area contributed by atoms with Gasteiger partial charge in [0.15, 0.2) is 0 Å². The van der Waals surface area contributed by atoms with Gasteiger partial charge in [0.2, 0.25) is 0 Å². The number of nitrogens with zero attached hydrogens (tertiary/aromatic N) is 3. The predicted octanol–water partition coefficient (Wildman–Crippen LogP) is 3.64. The Bertz CT molecular complexity index is 1270. The molecule has 2 N–H and O–H groups in total. The number of rotatable bonds is 5. The molecule has 0 saturated carbocycles. The van der Waals surface area contributed by atoms with E-state index >= 15 is 0 Å². The van der Waals surface area contributed by atoms with Crippen molar-refractivity contribution in [2.75, 3.05) is 32.2 Å². The minimum atomic E-state index is -0.184. The summed E-state index contributed by atoms with van der Waals surface area (Å²) in [5.74, 6) is 1.76. The summed E-state index contributed by atoms with van der Waals surface area (Å²) in [7, 11) is 3.24. The number of methoxy groups -OCH3 is 2. The molecule has 8 heteroatoms. The molecule has 186 valence electrons. The van der Waals surface area contributed by atoms with Gasteiger partial charge in [-0.3, -0.25) is 14.8 Å². The molecule has 2 aliphatic rings. The van der Waals surface area contributed by atoms with Crippen molar-refractivity contribution in [1.82, 2.24) is 15.6 Å². The fourth-order valence-corrected chi connectivity index (χ4v) is 4.84. The molecule has 0 aliphatic carbocycles. The zero-order valence-corrected chi connectivity index (χ0v) is 21.0. The first-order chi connectivity index (χ1) is 17.4. The monoisotopic (exact) mass is 485 g/mol. The van der Waals surface area contributed by atoms with Crippen molar-refractivity contribution < 1.29 is 14.3 Å². The van der Waals surface area contributed by atoms with Crippen molar-refractivity contribution in [2.45, 2.75) is 32.5 Å². The van der Waals surface area contributed by atoms with Crippen molar-refractivity contribution >= 4 is 17.4 Å². The number of hydrogen-bond acceptors (Lipinski definition) is 7. The fourth-order valence-electron chi connectivity index (χ4n) is 4.84. The van der Waals surface area contributed by atoms with Crippen LogP contribution in [0.1, 0.15) is 35.5 Å². The van der Waals surface area contributed by atoms with Gasteiger partial charge in [-0.25, -0.2) is 0 Å². The molecule has 1 aromatic heterocycles. The highest BCUT2D eigenvalue weighted by Crippen LogP contribution is 2.30. The Morgan fingerprint density at radius 3 is 2.28 bits per heavy atom. The molecule has 0 unspecified atom stereocenters. The molecule has 5 rings (SSSR count). The van der Waals surface area contributed by atoms with Crippen LogP contribution in [0.4, 0.5) is 5.69 Å². The van der Waals surface area contributed by atoms with E-state index in [4.69, 9.17) is 14.5 Å². The van der Waals surface area contributed by atoms with Crippen LogP contribution in [-0.2, 0) is 6.54 Å². The zero-order chi connectivity index (χ0) is 25.2. The highest BCUT2D eigenvalue weighted by Gasteiger charge is 2.23. The second kappa shape index (κ2) is 9.99. The van der Waals surface area contributed by atoms with E-state index in [0.29, 0.717) is 41.5 Å². The second-order valence-corrected chi connectivity index (χ2v) is 9.33. The number of carbonyl (C=O) groups is 1. The first kappa shape index (κ1) is 23.8. The maximum absolute atomic E-state index is 13.0. The lowest BCUT2D eigenvalue weighted by molar-refractivity contribution is 0.0977. The lowest BCUT2D eigenvalue weighted by Gasteiger charge is -2.37. The number of benzene rings is 2. The largest absolute Gasteiger partial charge is 0.497 e. The minimum Gasteiger partial charge on any atom is -0.497 e. The van der Waals surface area contributed by atoms with Gasteiger partial charge in [0.05, 0.1) is 32.2 Å². The summed E-state index contributed by atoms with van der Waals surface area (Å²) in [5, 5.41) is 6.51. The minimum absolute atomic E-state index is 0.184. The Hall–Kier alpha value is -3.91. The Morgan fingerprint density at radius 2 is 1.64 bits per heavy atom. The number of hydrogen-bond donors (Lipinski definition) is 2. The van der Waals surface area contributed by atoms with E-state index < -0.39 is 0 Å². The number of piperazine rings is 1. The number of fused-ring (bicyclic) bond motifs is 1. The molecule has 1 saturated heterocycles. The first-order valence-electron chi connectivity index (χ1n) is 12.1. The maximum atomic E-state index is 13.0. The number of amides is 1. The van der Waals surface area contributed by atoms with Gasteiger partial charge in [-0.05, 0) is 62.4 Å². The summed E-state index contributed by atoms with van der Waals surface area (Å²) in [6, 6.07) is 18.2. The van der Waals surface area contributed by atoms with E-state index in [-0.39, 0.29) is 5.91 Å². The van der Waals surface area contributed by atoms with Gasteiger partial charge < -0.3 is 25.0 Å². The van der Waals surface area contributed by atoms with Crippen LogP contribution in [0.3, 0.4) is 0 Å². The second-order valence-electron chi connectivity index (χ2n) is 9.33. The summed E-state index contributed by atoms with van der Waals surface area (Å²) in [6.45, 7) is 6.69. The molecule has 8 nitrogen and oxygen atoms in total. The Kier molecular flexibility index (Phi) is 6.61. The van der Waals surface area contributed by atoms with Gasteiger partial charge in [-0.15, -0.1) is 0 Å². The number of anilines is 1. The molecule has 3 aromatic rings. The zero-order valence-electron chi connectivity index (χ0n) is 21.0. The standard InChI is InChI=1S/C28H31N5O3/c1-17-15-33(16-18(2)30-17)21-7-5-19(6-8-21)28(34)32-27-24-9-10-25(31-26(24)14-29-27)20-11-22(35-3)13-23(12-20)36-4/h5-13,17-18,30H,14-16H2,1-4H3,(H,29,32,34)/t17-,18+. The third-order valence-electron chi connectivity index (χ3n) is 6.55. The van der Waals surface area contributed by atoms with E-state index in [1.54, 1.807) is 14.2 Å². The number of ether oxygens (including phenoxy) is 2. The van der Waals surface area contributed by atoms with Gasteiger partial charge >= 0.3 is 0 Å². The summed E-state index contributed by atoms with van der Waals surface area (Å²) in [6.07, 6.45) is 0. The molecule has 0 bridgehead atoms. The van der Waals surface area contributed by atoms with E-state index in [0.717, 1.165) is 41.3 Å². The maximum Gasteiger partial charge on any atom is 0.256 e. The van der Waals surface area contributed by atoms with E-state index in [1.807, 2.05) is 54.6 Å². The van der Waals surface area contributed by atoms with Crippen molar-refractivity contribution in [3.8, 4) is 22.8 Å². The Morgan fingerprint density at radius 1 is 0.972 bits per heavy atom. The van der Waals surface area contributed by atoms with Gasteiger partial charge in [-0.2, -0.15) is 0 Å². The molecule has 3 heterocycles. The van der Waals surface area contributed by atoms with Crippen molar-refractivity contribution in [3.05, 3.63) is 71.4 Å². The topological polar surface area (TPSA) is 88.1 Å². The molecule has 36 heavy (non-hydrogen) atoms. The fraction of sp³-hybridized carbons (Fsp3) is 0.321. The van der Waals surface area contributed by atoms with Gasteiger partial charge in [0, 0.05) is 53.6 Å². The van der Waals surface area contributed by atoms with E-state index in [1.165, 1.54) is 0 Å². The van der Waals surface area contributed by atoms with Crippen LogP contribution in [0.15, 0.2) is 59.6 Å². The Labute approximate surface area is 211 Å². The van der Waals surface area contributed by atoms with Crippen LogP contribution in [0.2, 0.25) is 0 Å². The Balaban J connectivity index is 1.29. The molecular weight excluding hydrogens is 454 g/mol. The van der Waals surface area contributed by atoms with Crippen LogP contribution in [-0.4, -0.2) is 56.1 Å². The average molecular weight is 486 g/mol. The SMILES string of the molecule is COc1cc(OC)cc(-c2ccc3c(n2)CN=C3NC(=O)c2ccc(N3C[C@@H](C)N[C@@H](C)C3)cc2)c1. The summed E-state index contributed by atoms with van der Waals surface area (Å²) >= 11 is 0. The van der Waals surface area contributed by atoms with Gasteiger partial charge in [-0.1, -0.05) is 0 Å². The van der Waals surface area contributed by atoms with E-state index in [9.17, 15) is 4.79 Å². The van der Waals surface area contributed by atoms with Crippen LogP contribution in [0.5, 0.6) is 11.5 Å². The summed E-state index contributed by atoms with van der Waals surface area (Å²) < 4.78 is 10.8. The van der Waals surface area contributed by atoms with Crippen LogP contribution >= 0.6 is 0 Å². The molecule has 1 amide bonds. The lowest BCUT2D eigenvalue weighted by Crippen LogP contribution is -2.54. The number of aliphatic imine (C=N–C) groups is 1. The molecule has 0 spiro atoms. The van der Waals surface area contributed by atoms with E-state index in [2.05, 4.69) is 34.4 Å². The third-order valence-corrected chi connectivity index (χ3v) is 6.55. The van der Waals surface area contributed by atoms with Crippen LogP contribution in [0.25, 0.3) is 11.3 Å². The average Bonchev–Trinajstić information content (AvgIpc) is 3.29. The third kappa shape index (κ3) is 4.90. The first-order valence-corrected chi connectivity index (χ1v) is 12.1. The highest BCUT2D eigenvalue weighted by atomic mass is 16.5. The summed E-state index contributed by atoms with van der Waals surface area (Å²) in [4.78, 5) is 24.7. The quantitative estimate of drug-likeness (QED) is 0.574. The molecular formula is C28H31N5O3. The van der Waals surface area contributed by atoms with Crippen molar-refractivity contribution in [1.29, 1.82) is 0 Å². The highest BCUT2D eigenvalue weighted by molar-refractivity contribution is 6.14. The molecule has 0 radical (unpaired) electrons. The van der Waals surface area contributed by atoms with Crippen LogP contribution < -0.4 is 25.0 Å². The predicted molar refractivity (Wildman–Crippen MR) is 141 cm³/mol. The molecule has 2 aliphatic heterocycles. The molecule has 2 aromatic carbocycles. The number of carbonyl (C=O) groups excluding carboxylic acids is 1. The number of pyridine rings is 1. The number of amidine groups is 1. The smallest absolute Gasteiger partial charge is 0.256 e. The lowest BCUT2D eigenvalue weighted by atomic mass is 10.1. The number of nitrogens with one attached hydrogen (secondary N) is 2.